The first-order valence-corrected chi connectivity index (χ1v) is 20.1. The lowest BCUT2D eigenvalue weighted by atomic mass is 9.85. The number of benzene rings is 2. The van der Waals surface area contributed by atoms with E-state index in [-0.39, 0.29) is 51.3 Å². The molecule has 57 heavy (non-hydrogen) atoms. The lowest BCUT2D eigenvalue weighted by molar-refractivity contribution is -0.144. The number of aromatic nitrogens is 1. The highest BCUT2D eigenvalue weighted by atomic mass is 32.1. The van der Waals surface area contributed by atoms with Gasteiger partial charge in [-0.15, -0.1) is 11.3 Å². The fourth-order valence-corrected chi connectivity index (χ4v) is 6.91. The molecule has 308 valence electrons. The van der Waals surface area contributed by atoms with E-state index in [1.54, 1.807) is 11.3 Å². The number of ether oxygens (including phenoxy) is 3. The molecule has 1 aliphatic rings. The van der Waals surface area contributed by atoms with Gasteiger partial charge in [0.25, 0.3) is 0 Å². The monoisotopic (exact) mass is 803 g/mol. The summed E-state index contributed by atoms with van der Waals surface area (Å²) in [5, 5.41) is 19.0. The number of carbonyl (C=O) groups excluding carboxylic acids is 4. The summed E-state index contributed by atoms with van der Waals surface area (Å²) < 4.78 is 16.5. The van der Waals surface area contributed by atoms with E-state index in [2.05, 4.69) is 32.8 Å². The van der Waals surface area contributed by atoms with Crippen molar-refractivity contribution in [3.05, 3.63) is 76.4 Å². The number of hydrogen-bond acceptors (Lipinski definition) is 10. The van der Waals surface area contributed by atoms with E-state index >= 15 is 0 Å². The Kier molecular flexibility index (Phi) is 16.2. The summed E-state index contributed by atoms with van der Waals surface area (Å²) in [6, 6.07) is 13.4. The highest BCUT2D eigenvalue weighted by Gasteiger charge is 2.44. The van der Waals surface area contributed by atoms with Crippen LogP contribution in [0.15, 0.2) is 54.0 Å². The maximum Gasteiger partial charge on any atom is 0.408 e. The molecule has 0 bridgehead atoms. The highest BCUT2D eigenvalue weighted by Crippen LogP contribution is 2.28. The zero-order chi connectivity index (χ0) is 41.8. The van der Waals surface area contributed by atoms with Gasteiger partial charge in [-0.3, -0.25) is 14.4 Å². The van der Waals surface area contributed by atoms with Gasteiger partial charge in [0.2, 0.25) is 17.7 Å². The van der Waals surface area contributed by atoms with Crippen LogP contribution in [-0.2, 0) is 35.1 Å². The molecule has 1 aromatic heterocycles. The number of hydrogen-bond donors (Lipinski definition) is 4. The first-order chi connectivity index (χ1) is 26.9. The van der Waals surface area contributed by atoms with E-state index in [0.29, 0.717) is 13.0 Å². The minimum absolute atomic E-state index is 0.0101. The molecule has 0 radical (unpaired) electrons. The SMILES string of the molecule is Cc1ncsc1-c1ccc(CNC(=O)[C@@H]2C[C@@H](O)CN2C(=O)[C@@H](NC(=O)COCCCOCC#Cc2ccc([C@@H](C)NC(=O)OC(C)(C)C)cc2)C(C)(C)C)cc1. The molecule has 13 nitrogen and oxygen atoms in total. The summed E-state index contributed by atoms with van der Waals surface area (Å²) in [7, 11) is 0. The van der Waals surface area contributed by atoms with Crippen molar-refractivity contribution in [3.63, 3.8) is 0 Å². The quantitative estimate of drug-likeness (QED) is 0.118. The average Bonchev–Trinajstić information content (AvgIpc) is 3.76. The standard InChI is InChI=1S/C43H57N5O8S/c1-28(46-41(53)56-43(6,7)8)32-16-12-30(13-17-32)11-9-20-54-21-10-22-55-26-36(50)47-38(42(3,4)5)40(52)48-25-34(49)23-35(48)39(51)44-24-31-14-18-33(19-15-31)37-29(2)45-27-57-37/h12-19,27-28,34-35,38,49H,10,20-26H2,1-8H3,(H,44,51)(H,46,53)(H,47,50)/t28-,34-,35+,38-/m1/s1. The van der Waals surface area contributed by atoms with Gasteiger partial charge in [0.1, 0.15) is 30.9 Å². The van der Waals surface area contributed by atoms with E-state index in [0.717, 1.165) is 32.8 Å². The molecule has 1 saturated heterocycles. The molecule has 4 atom stereocenters. The smallest absolute Gasteiger partial charge is 0.408 e. The van der Waals surface area contributed by atoms with E-state index < -0.39 is 47.1 Å². The molecular formula is C43H57N5O8S. The molecule has 4 amide bonds. The highest BCUT2D eigenvalue weighted by molar-refractivity contribution is 7.13. The third-order valence-corrected chi connectivity index (χ3v) is 10.1. The van der Waals surface area contributed by atoms with Crippen LogP contribution >= 0.6 is 11.3 Å². The summed E-state index contributed by atoms with van der Waals surface area (Å²) in [5.74, 6) is 4.76. The number of aliphatic hydroxyl groups is 1. The zero-order valence-electron chi connectivity index (χ0n) is 34.3. The molecule has 3 aromatic rings. The minimum Gasteiger partial charge on any atom is -0.444 e. The van der Waals surface area contributed by atoms with Crippen molar-refractivity contribution in [2.24, 2.45) is 5.41 Å². The predicted molar refractivity (Wildman–Crippen MR) is 219 cm³/mol. The molecule has 0 unspecified atom stereocenters. The molecule has 1 aliphatic heterocycles. The second kappa shape index (κ2) is 20.6. The summed E-state index contributed by atoms with van der Waals surface area (Å²) in [6.07, 6.45) is -0.700. The van der Waals surface area contributed by atoms with E-state index in [4.69, 9.17) is 14.2 Å². The first-order valence-electron chi connectivity index (χ1n) is 19.2. The van der Waals surface area contributed by atoms with Gasteiger partial charge in [-0.25, -0.2) is 9.78 Å². The lowest BCUT2D eigenvalue weighted by Gasteiger charge is -2.35. The van der Waals surface area contributed by atoms with Crippen LogP contribution in [0.5, 0.6) is 0 Å². The Hall–Kier alpha value is -4.81. The number of aryl methyl sites for hydroxylation is 1. The number of nitrogens with zero attached hydrogens (tertiary/aromatic N) is 2. The van der Waals surface area contributed by atoms with E-state index in [9.17, 15) is 24.3 Å². The Morgan fingerprint density at radius 1 is 0.982 bits per heavy atom. The van der Waals surface area contributed by atoms with Crippen LogP contribution in [-0.4, -0.2) is 95.6 Å². The summed E-state index contributed by atoms with van der Waals surface area (Å²) >= 11 is 1.57. The number of likely N-dealkylation sites (tertiary alicyclic amines) is 1. The lowest BCUT2D eigenvalue weighted by Crippen LogP contribution is -2.58. The molecule has 4 rings (SSSR count). The number of aliphatic hydroxyl groups excluding tert-OH is 1. The molecule has 0 spiro atoms. The first kappa shape index (κ1) is 44.9. The average molecular weight is 804 g/mol. The summed E-state index contributed by atoms with van der Waals surface area (Å²) in [5.41, 5.74) is 5.21. The number of thiazole rings is 1. The minimum atomic E-state index is -0.952. The molecular weight excluding hydrogens is 747 g/mol. The van der Waals surface area contributed by atoms with Gasteiger partial charge in [-0.05, 0) is 75.3 Å². The van der Waals surface area contributed by atoms with Gasteiger partial charge in [0.05, 0.1) is 34.8 Å². The van der Waals surface area contributed by atoms with Crippen molar-refractivity contribution < 1.29 is 38.5 Å². The zero-order valence-corrected chi connectivity index (χ0v) is 35.1. The predicted octanol–water partition coefficient (Wildman–Crippen LogP) is 5.29. The van der Waals surface area contributed by atoms with Crippen molar-refractivity contribution >= 4 is 35.2 Å². The maximum absolute atomic E-state index is 13.9. The van der Waals surface area contributed by atoms with Gasteiger partial charge < -0.3 is 40.2 Å². The number of carbonyl (C=O) groups is 4. The fraction of sp³-hybridized carbons (Fsp3) is 0.512. The van der Waals surface area contributed by atoms with Crippen LogP contribution in [0.25, 0.3) is 10.4 Å². The normalized spacial score (nSPS) is 16.5. The van der Waals surface area contributed by atoms with Crippen molar-refractivity contribution in [2.75, 3.05) is 33.0 Å². The summed E-state index contributed by atoms with van der Waals surface area (Å²) in [4.78, 5) is 59.0. The number of β-amino-alcohol motifs (C(OH)–C–C–N with tert-alkyl or cyclic N) is 1. The number of alkyl carbamates (subject to hydrolysis) is 1. The van der Waals surface area contributed by atoms with Crippen molar-refractivity contribution in [1.82, 2.24) is 25.8 Å². The number of rotatable bonds is 15. The Balaban J connectivity index is 1.16. The van der Waals surface area contributed by atoms with Crippen LogP contribution < -0.4 is 16.0 Å². The van der Waals surface area contributed by atoms with Gasteiger partial charge in [0.15, 0.2) is 0 Å². The van der Waals surface area contributed by atoms with Crippen LogP contribution in [0.2, 0.25) is 0 Å². The maximum atomic E-state index is 13.9. The van der Waals surface area contributed by atoms with Crippen molar-refractivity contribution in [2.45, 2.75) is 105 Å². The van der Waals surface area contributed by atoms with E-state index in [1.807, 2.05) is 109 Å². The Labute approximate surface area is 340 Å². The van der Waals surface area contributed by atoms with Crippen LogP contribution in [0.4, 0.5) is 4.79 Å². The summed E-state index contributed by atoms with van der Waals surface area (Å²) in [6.45, 7) is 15.7. The molecule has 0 saturated carbocycles. The number of nitrogens with one attached hydrogen (secondary N) is 3. The third kappa shape index (κ3) is 14.3. The van der Waals surface area contributed by atoms with E-state index in [1.165, 1.54) is 4.90 Å². The molecule has 4 N–H and O–H groups in total. The molecule has 14 heteroatoms. The number of amides is 4. The molecule has 2 aromatic carbocycles. The third-order valence-electron chi connectivity index (χ3n) is 9.07. The molecule has 1 fully saturated rings. The second-order valence-corrected chi connectivity index (χ2v) is 17.0. The van der Waals surface area contributed by atoms with Gasteiger partial charge in [0, 0.05) is 31.7 Å². The van der Waals surface area contributed by atoms with Gasteiger partial charge >= 0.3 is 6.09 Å². The van der Waals surface area contributed by atoms with Crippen LogP contribution in [0.1, 0.15) is 89.7 Å². The Morgan fingerprint density at radius 3 is 2.30 bits per heavy atom. The fourth-order valence-electron chi connectivity index (χ4n) is 6.10. The van der Waals surface area contributed by atoms with Crippen LogP contribution in [0.3, 0.4) is 0 Å². The van der Waals surface area contributed by atoms with Crippen LogP contribution in [0, 0.1) is 24.2 Å². The Morgan fingerprint density at radius 2 is 1.67 bits per heavy atom. The molecule has 0 aliphatic carbocycles. The second-order valence-electron chi connectivity index (χ2n) is 16.2. The largest absolute Gasteiger partial charge is 0.444 e. The topological polar surface area (TPSA) is 168 Å². The molecule has 2 heterocycles. The van der Waals surface area contributed by atoms with Crippen molar-refractivity contribution in [1.29, 1.82) is 0 Å². The van der Waals surface area contributed by atoms with Crippen molar-refractivity contribution in [3.8, 4) is 22.3 Å². The Bertz CT molecular complexity index is 1870. The van der Waals surface area contributed by atoms with Gasteiger partial charge in [-0.2, -0.15) is 0 Å². The van der Waals surface area contributed by atoms with Gasteiger partial charge in [-0.1, -0.05) is 69.0 Å².